The second-order valence-corrected chi connectivity index (χ2v) is 4.00. The molecular weight excluding hydrogens is 274 g/mol. The molecule has 20 heavy (non-hydrogen) atoms. The van der Waals surface area contributed by atoms with E-state index in [1.165, 1.54) is 18.2 Å². The molecule has 1 heterocycles. The quantitative estimate of drug-likeness (QED) is 0.873. The van der Waals surface area contributed by atoms with E-state index in [1.54, 1.807) is 6.92 Å². The second kappa shape index (κ2) is 5.44. The molecule has 1 aromatic carbocycles. The zero-order valence-corrected chi connectivity index (χ0v) is 10.5. The lowest BCUT2D eigenvalue weighted by Gasteiger charge is -2.11. The first kappa shape index (κ1) is 14.2. The lowest BCUT2D eigenvalue weighted by Crippen LogP contribution is -2.13. The monoisotopic (exact) mass is 285 g/mol. The van der Waals surface area contributed by atoms with Gasteiger partial charge in [-0.1, -0.05) is 0 Å². The van der Waals surface area contributed by atoms with E-state index in [0.717, 1.165) is 12.1 Å². The Morgan fingerprint density at radius 1 is 1.10 bits per heavy atom. The molecule has 0 radical (unpaired) electrons. The smallest absolute Gasteiger partial charge is 0.370 e. The van der Waals surface area contributed by atoms with Gasteiger partial charge in [0.15, 0.2) is 0 Å². The number of halogens is 4. The third-order valence-corrected chi connectivity index (χ3v) is 2.48. The summed E-state index contributed by atoms with van der Waals surface area (Å²) in [6, 6.07) is 6.46. The van der Waals surface area contributed by atoms with Crippen LogP contribution in [0, 0.1) is 5.82 Å². The average Bonchev–Trinajstić information content (AvgIpc) is 2.38. The number of nitrogens with zero attached hydrogens (tertiary/aromatic N) is 2. The number of benzene rings is 1. The van der Waals surface area contributed by atoms with Crippen LogP contribution in [0.25, 0.3) is 11.3 Å². The van der Waals surface area contributed by atoms with Crippen LogP contribution in [0.4, 0.5) is 23.4 Å². The van der Waals surface area contributed by atoms with Gasteiger partial charge in [-0.2, -0.15) is 13.2 Å². The highest BCUT2D eigenvalue weighted by Crippen LogP contribution is 2.29. The van der Waals surface area contributed by atoms with Crippen molar-refractivity contribution in [2.24, 2.45) is 0 Å². The first-order chi connectivity index (χ1) is 9.40. The van der Waals surface area contributed by atoms with Gasteiger partial charge in [-0.25, -0.2) is 14.4 Å². The molecular formula is C13H11F4N3. The molecule has 0 bridgehead atoms. The molecule has 2 rings (SSSR count). The Kier molecular flexibility index (Phi) is 3.87. The Balaban J connectivity index is 2.51. The van der Waals surface area contributed by atoms with Crippen LogP contribution >= 0.6 is 0 Å². The van der Waals surface area contributed by atoms with Crippen LogP contribution in [0.3, 0.4) is 0 Å². The SMILES string of the molecule is CCNc1cc(-c2ccc(F)cc2)nc(C(F)(F)F)n1. The summed E-state index contributed by atoms with van der Waals surface area (Å²) in [5.41, 5.74) is 0.474. The van der Waals surface area contributed by atoms with Gasteiger partial charge in [0.25, 0.3) is 0 Å². The third-order valence-electron chi connectivity index (χ3n) is 2.48. The fraction of sp³-hybridized carbons (Fsp3) is 0.231. The highest BCUT2D eigenvalue weighted by molar-refractivity contribution is 5.62. The second-order valence-electron chi connectivity index (χ2n) is 4.00. The Morgan fingerprint density at radius 3 is 2.30 bits per heavy atom. The van der Waals surface area contributed by atoms with Crippen LogP contribution in [0.5, 0.6) is 0 Å². The zero-order valence-electron chi connectivity index (χ0n) is 10.5. The van der Waals surface area contributed by atoms with Gasteiger partial charge in [0.2, 0.25) is 5.82 Å². The largest absolute Gasteiger partial charge is 0.451 e. The first-order valence-corrected chi connectivity index (χ1v) is 5.86. The van der Waals surface area contributed by atoms with E-state index in [0.29, 0.717) is 12.1 Å². The topological polar surface area (TPSA) is 37.8 Å². The van der Waals surface area contributed by atoms with Gasteiger partial charge in [-0.3, -0.25) is 0 Å². The molecule has 0 saturated heterocycles. The summed E-state index contributed by atoms with van der Waals surface area (Å²) < 4.78 is 51.1. The van der Waals surface area contributed by atoms with Gasteiger partial charge in [0, 0.05) is 18.2 Å². The number of rotatable bonds is 3. The summed E-state index contributed by atoms with van der Waals surface area (Å²) in [4.78, 5) is 6.90. The number of anilines is 1. The lowest BCUT2D eigenvalue weighted by atomic mass is 10.1. The summed E-state index contributed by atoms with van der Waals surface area (Å²) in [7, 11) is 0. The molecule has 1 N–H and O–H groups in total. The summed E-state index contributed by atoms with van der Waals surface area (Å²) in [5, 5.41) is 2.72. The molecule has 0 unspecified atom stereocenters. The van der Waals surface area contributed by atoms with E-state index >= 15 is 0 Å². The molecule has 0 spiro atoms. The number of alkyl halides is 3. The molecule has 1 aromatic heterocycles. The minimum absolute atomic E-state index is 0.0779. The fourth-order valence-corrected chi connectivity index (χ4v) is 1.61. The Bertz CT molecular complexity index is 594. The number of aromatic nitrogens is 2. The van der Waals surface area contributed by atoms with E-state index in [4.69, 9.17) is 0 Å². The van der Waals surface area contributed by atoms with Crippen LogP contribution in [-0.4, -0.2) is 16.5 Å². The number of nitrogens with one attached hydrogen (secondary N) is 1. The van der Waals surface area contributed by atoms with Crippen molar-refractivity contribution in [3.63, 3.8) is 0 Å². The van der Waals surface area contributed by atoms with Crippen molar-refractivity contribution >= 4 is 5.82 Å². The van der Waals surface area contributed by atoms with E-state index in [-0.39, 0.29) is 11.5 Å². The van der Waals surface area contributed by atoms with Gasteiger partial charge < -0.3 is 5.32 Å². The number of hydrogen-bond donors (Lipinski definition) is 1. The minimum Gasteiger partial charge on any atom is -0.370 e. The highest BCUT2D eigenvalue weighted by atomic mass is 19.4. The average molecular weight is 285 g/mol. The molecule has 0 saturated carbocycles. The van der Waals surface area contributed by atoms with Gasteiger partial charge in [-0.15, -0.1) is 0 Å². The van der Waals surface area contributed by atoms with Crippen molar-refractivity contribution in [3.8, 4) is 11.3 Å². The van der Waals surface area contributed by atoms with E-state index in [9.17, 15) is 17.6 Å². The van der Waals surface area contributed by atoms with E-state index in [1.807, 2.05) is 0 Å². The molecule has 2 aromatic rings. The van der Waals surface area contributed by atoms with Crippen molar-refractivity contribution in [2.45, 2.75) is 13.1 Å². The van der Waals surface area contributed by atoms with Gasteiger partial charge in [0.05, 0.1) is 5.69 Å². The lowest BCUT2D eigenvalue weighted by molar-refractivity contribution is -0.144. The Morgan fingerprint density at radius 2 is 1.75 bits per heavy atom. The summed E-state index contributed by atoms with van der Waals surface area (Å²) >= 11 is 0. The Labute approximate surface area is 112 Å². The van der Waals surface area contributed by atoms with E-state index in [2.05, 4.69) is 15.3 Å². The predicted molar refractivity (Wildman–Crippen MR) is 66.6 cm³/mol. The maximum Gasteiger partial charge on any atom is 0.451 e. The summed E-state index contributed by atoms with van der Waals surface area (Å²) in [5.74, 6) is -1.62. The van der Waals surface area contributed by atoms with Crippen molar-refractivity contribution in [3.05, 3.63) is 42.0 Å². The summed E-state index contributed by atoms with van der Waals surface area (Å²) in [6.07, 6.45) is -4.64. The van der Waals surface area contributed by atoms with Gasteiger partial charge in [-0.05, 0) is 31.2 Å². The van der Waals surface area contributed by atoms with E-state index < -0.39 is 17.8 Å². The molecule has 0 fully saturated rings. The maximum absolute atomic E-state index is 12.8. The van der Waals surface area contributed by atoms with Crippen molar-refractivity contribution < 1.29 is 17.6 Å². The van der Waals surface area contributed by atoms with Crippen LogP contribution in [-0.2, 0) is 6.18 Å². The fourth-order valence-electron chi connectivity index (χ4n) is 1.61. The summed E-state index contributed by atoms with van der Waals surface area (Å²) in [6.45, 7) is 2.17. The molecule has 106 valence electrons. The third kappa shape index (κ3) is 3.23. The molecule has 0 amide bonds. The normalized spacial score (nSPS) is 11.4. The maximum atomic E-state index is 12.8. The molecule has 7 heteroatoms. The molecule has 0 aliphatic carbocycles. The number of hydrogen-bond acceptors (Lipinski definition) is 3. The molecule has 3 nitrogen and oxygen atoms in total. The van der Waals surface area contributed by atoms with Crippen molar-refractivity contribution in [1.29, 1.82) is 0 Å². The van der Waals surface area contributed by atoms with Crippen LogP contribution in [0.1, 0.15) is 12.7 Å². The molecule has 0 aliphatic rings. The highest BCUT2D eigenvalue weighted by Gasteiger charge is 2.35. The predicted octanol–water partition coefficient (Wildman–Crippen LogP) is 3.73. The standard InChI is InChI=1S/C13H11F4N3/c1-2-18-11-7-10(8-3-5-9(14)6-4-8)19-12(20-11)13(15,16)17/h3-7H,2H2,1H3,(H,18,19,20). The molecule has 0 aliphatic heterocycles. The van der Waals surface area contributed by atoms with Crippen LogP contribution in [0.2, 0.25) is 0 Å². The Hall–Kier alpha value is -2.18. The van der Waals surface area contributed by atoms with Crippen LogP contribution in [0.15, 0.2) is 30.3 Å². The zero-order chi connectivity index (χ0) is 14.8. The molecule has 0 atom stereocenters. The minimum atomic E-state index is -4.64. The van der Waals surface area contributed by atoms with Crippen LogP contribution < -0.4 is 5.32 Å². The van der Waals surface area contributed by atoms with Gasteiger partial charge >= 0.3 is 6.18 Å². The van der Waals surface area contributed by atoms with Crippen molar-refractivity contribution in [1.82, 2.24) is 9.97 Å². The van der Waals surface area contributed by atoms with Gasteiger partial charge in [0.1, 0.15) is 11.6 Å². The van der Waals surface area contributed by atoms with Crippen molar-refractivity contribution in [2.75, 3.05) is 11.9 Å². The first-order valence-electron chi connectivity index (χ1n) is 5.86.